The molecule has 4 rings (SSSR count). The highest BCUT2D eigenvalue weighted by Crippen LogP contribution is 2.35. The second-order valence-electron chi connectivity index (χ2n) is 5.22. The van der Waals surface area contributed by atoms with Crippen LogP contribution in [0.2, 0.25) is 0 Å². The summed E-state index contributed by atoms with van der Waals surface area (Å²) in [6, 6.07) is 25.2. The SMILES string of the molecule is ClB1Nc2ccc(-c3ccccc3)cc2-c2ccccc21. The van der Waals surface area contributed by atoms with Crippen molar-refractivity contribution in [1.29, 1.82) is 0 Å². The second-order valence-corrected chi connectivity index (χ2v) is 5.66. The molecular formula is C18H13BClN. The van der Waals surface area contributed by atoms with E-state index in [2.05, 4.69) is 65.9 Å². The average molecular weight is 290 g/mol. The van der Waals surface area contributed by atoms with Gasteiger partial charge in [-0.15, -0.1) is 0 Å². The van der Waals surface area contributed by atoms with E-state index in [-0.39, 0.29) is 6.26 Å². The Balaban J connectivity index is 1.90. The standard InChI is InChI=1S/C18H13BClN/c20-19-17-9-5-4-8-15(17)16-12-14(10-11-18(16)21-19)13-6-2-1-3-7-13/h1-12,21H. The Bertz CT molecular complexity index is 801. The molecule has 0 saturated carbocycles. The number of anilines is 1. The van der Waals surface area contributed by atoms with E-state index in [1.807, 2.05) is 12.1 Å². The Labute approximate surface area is 129 Å². The molecule has 0 bridgehead atoms. The molecule has 0 spiro atoms. The molecule has 1 aliphatic rings. The van der Waals surface area contributed by atoms with E-state index in [0.29, 0.717) is 0 Å². The zero-order valence-electron chi connectivity index (χ0n) is 11.4. The fourth-order valence-electron chi connectivity index (χ4n) is 2.88. The van der Waals surface area contributed by atoms with Crippen LogP contribution in [0.1, 0.15) is 0 Å². The number of fused-ring (bicyclic) bond motifs is 3. The van der Waals surface area contributed by atoms with E-state index in [0.717, 1.165) is 11.2 Å². The molecule has 0 unspecified atom stereocenters. The van der Waals surface area contributed by atoms with Crippen LogP contribution >= 0.6 is 11.5 Å². The molecule has 1 N–H and O–H groups in total. The molecular weight excluding hydrogens is 276 g/mol. The molecule has 21 heavy (non-hydrogen) atoms. The maximum absolute atomic E-state index is 6.42. The molecule has 0 fully saturated rings. The Morgan fingerprint density at radius 1 is 0.714 bits per heavy atom. The molecule has 0 amide bonds. The third-order valence-electron chi connectivity index (χ3n) is 3.93. The van der Waals surface area contributed by atoms with E-state index in [1.54, 1.807) is 0 Å². The predicted octanol–water partition coefficient (Wildman–Crippen LogP) is 4.38. The van der Waals surface area contributed by atoms with E-state index < -0.39 is 0 Å². The van der Waals surface area contributed by atoms with Gasteiger partial charge in [-0.3, -0.25) is 0 Å². The Kier molecular flexibility index (Phi) is 2.97. The highest BCUT2D eigenvalue weighted by molar-refractivity contribution is 7.16. The van der Waals surface area contributed by atoms with Crippen LogP contribution in [-0.2, 0) is 0 Å². The molecule has 3 heteroatoms. The van der Waals surface area contributed by atoms with Crippen LogP contribution in [0.15, 0.2) is 72.8 Å². The molecule has 0 atom stereocenters. The van der Waals surface area contributed by atoms with Gasteiger partial charge in [0.05, 0.1) is 0 Å². The van der Waals surface area contributed by atoms with Gasteiger partial charge in [0.1, 0.15) is 0 Å². The van der Waals surface area contributed by atoms with E-state index in [4.69, 9.17) is 11.5 Å². The van der Waals surface area contributed by atoms with Crippen molar-refractivity contribution in [3.05, 3.63) is 72.8 Å². The summed E-state index contributed by atoms with van der Waals surface area (Å²) in [7, 11) is 0. The monoisotopic (exact) mass is 289 g/mol. The van der Waals surface area contributed by atoms with Gasteiger partial charge >= 0.3 is 6.26 Å². The van der Waals surface area contributed by atoms with Crippen molar-refractivity contribution in [2.75, 3.05) is 5.23 Å². The van der Waals surface area contributed by atoms with Crippen LogP contribution in [0.25, 0.3) is 22.3 Å². The highest BCUT2D eigenvalue weighted by Gasteiger charge is 2.25. The quantitative estimate of drug-likeness (QED) is 0.656. The fraction of sp³-hybridized carbons (Fsp3) is 0. The zero-order chi connectivity index (χ0) is 14.2. The molecule has 0 aromatic heterocycles. The molecule has 1 nitrogen and oxygen atoms in total. The number of benzene rings is 3. The van der Waals surface area contributed by atoms with Gasteiger partial charge in [0.2, 0.25) is 0 Å². The predicted molar refractivity (Wildman–Crippen MR) is 92.2 cm³/mol. The lowest BCUT2D eigenvalue weighted by atomic mass is 9.72. The van der Waals surface area contributed by atoms with Crippen molar-refractivity contribution in [1.82, 2.24) is 0 Å². The second kappa shape index (κ2) is 4.98. The van der Waals surface area contributed by atoms with Crippen LogP contribution in [0.5, 0.6) is 0 Å². The molecule has 0 aliphatic carbocycles. The Hall–Kier alpha value is -2.19. The van der Waals surface area contributed by atoms with Crippen LogP contribution in [-0.4, -0.2) is 6.26 Å². The summed E-state index contributed by atoms with van der Waals surface area (Å²) < 4.78 is 0. The van der Waals surface area contributed by atoms with Crippen LogP contribution in [0.3, 0.4) is 0 Å². The first-order valence-corrected chi connectivity index (χ1v) is 7.46. The minimum atomic E-state index is -0.170. The first-order chi connectivity index (χ1) is 10.3. The van der Waals surface area contributed by atoms with E-state index in [1.165, 1.54) is 22.3 Å². The first-order valence-electron chi connectivity index (χ1n) is 7.02. The van der Waals surface area contributed by atoms with Crippen molar-refractivity contribution < 1.29 is 0 Å². The lowest BCUT2D eigenvalue weighted by Crippen LogP contribution is -2.37. The number of rotatable bonds is 1. The summed E-state index contributed by atoms with van der Waals surface area (Å²) in [5.74, 6) is 0. The summed E-state index contributed by atoms with van der Waals surface area (Å²) in [5, 5.41) is 3.36. The van der Waals surface area contributed by atoms with Crippen molar-refractivity contribution in [2.45, 2.75) is 0 Å². The van der Waals surface area contributed by atoms with Crippen molar-refractivity contribution >= 4 is 28.9 Å². The highest BCUT2D eigenvalue weighted by atomic mass is 35.5. The van der Waals surface area contributed by atoms with Crippen LogP contribution < -0.4 is 10.7 Å². The van der Waals surface area contributed by atoms with Crippen LogP contribution in [0.4, 0.5) is 5.69 Å². The van der Waals surface area contributed by atoms with Gasteiger partial charge in [0.15, 0.2) is 0 Å². The van der Waals surface area contributed by atoms with Gasteiger partial charge < -0.3 is 5.23 Å². The van der Waals surface area contributed by atoms with Gasteiger partial charge in [-0.2, -0.15) is 11.5 Å². The summed E-state index contributed by atoms with van der Waals surface area (Å²) in [4.78, 5) is 0. The van der Waals surface area contributed by atoms with Crippen LogP contribution in [0, 0.1) is 0 Å². The number of hydrogen-bond donors (Lipinski definition) is 1. The summed E-state index contributed by atoms with van der Waals surface area (Å²) in [5.41, 5.74) is 7.10. The van der Waals surface area contributed by atoms with E-state index >= 15 is 0 Å². The third-order valence-corrected chi connectivity index (χ3v) is 4.28. The van der Waals surface area contributed by atoms with Gasteiger partial charge in [-0.1, -0.05) is 60.7 Å². The minimum absolute atomic E-state index is 0.170. The van der Waals surface area contributed by atoms with Gasteiger partial charge in [-0.05, 0) is 34.3 Å². The summed E-state index contributed by atoms with van der Waals surface area (Å²) >= 11 is 6.42. The van der Waals surface area contributed by atoms with Crippen molar-refractivity contribution in [3.63, 3.8) is 0 Å². The molecule has 3 aromatic carbocycles. The van der Waals surface area contributed by atoms with Gasteiger partial charge in [0.25, 0.3) is 0 Å². The zero-order valence-corrected chi connectivity index (χ0v) is 12.1. The number of hydrogen-bond acceptors (Lipinski definition) is 1. The maximum atomic E-state index is 6.42. The third kappa shape index (κ3) is 2.12. The van der Waals surface area contributed by atoms with E-state index in [9.17, 15) is 0 Å². The topological polar surface area (TPSA) is 12.0 Å². The molecule has 0 saturated heterocycles. The molecule has 0 radical (unpaired) electrons. The van der Waals surface area contributed by atoms with Crippen molar-refractivity contribution in [2.24, 2.45) is 0 Å². The summed E-state index contributed by atoms with van der Waals surface area (Å²) in [6.45, 7) is 0. The largest absolute Gasteiger partial charge is 0.410 e. The smallest absolute Gasteiger partial charge is 0.393 e. The van der Waals surface area contributed by atoms with Gasteiger partial charge in [-0.25, -0.2) is 0 Å². The number of nitrogens with one attached hydrogen (secondary N) is 1. The normalized spacial score (nSPS) is 12.3. The lowest BCUT2D eigenvalue weighted by molar-refractivity contribution is 1.57. The van der Waals surface area contributed by atoms with Crippen molar-refractivity contribution in [3.8, 4) is 22.3 Å². The minimum Gasteiger partial charge on any atom is -0.410 e. The fourth-order valence-corrected chi connectivity index (χ4v) is 3.19. The molecule has 1 heterocycles. The Morgan fingerprint density at radius 3 is 2.33 bits per heavy atom. The van der Waals surface area contributed by atoms with Gasteiger partial charge in [0, 0.05) is 11.3 Å². The molecule has 1 aliphatic heterocycles. The Morgan fingerprint density at radius 2 is 1.48 bits per heavy atom. The average Bonchev–Trinajstić information content (AvgIpc) is 2.56. The first kappa shape index (κ1) is 12.5. The molecule has 3 aromatic rings. The lowest BCUT2D eigenvalue weighted by Gasteiger charge is -2.24. The molecule has 100 valence electrons. The maximum Gasteiger partial charge on any atom is 0.393 e. The number of halogens is 1. The summed E-state index contributed by atoms with van der Waals surface area (Å²) in [6.07, 6.45) is -0.170.